The molecular formula is C13H17BrO4. The van der Waals surface area contributed by atoms with Gasteiger partial charge in [0.2, 0.25) is 5.75 Å². The lowest BCUT2D eigenvalue weighted by Crippen LogP contribution is -2.02. The van der Waals surface area contributed by atoms with E-state index in [4.69, 9.17) is 9.62 Å². The number of halogens is 1. The number of ether oxygens (including phenoxy) is 1. The van der Waals surface area contributed by atoms with Crippen LogP contribution in [0.5, 0.6) is 11.5 Å². The second-order valence-electron chi connectivity index (χ2n) is 3.71. The number of carbonyl (C=O) groups excluding carboxylic acids is 1. The molecule has 5 heteroatoms. The first-order valence-electron chi connectivity index (χ1n) is 5.73. The van der Waals surface area contributed by atoms with Crippen LogP contribution in [-0.4, -0.2) is 24.8 Å². The highest BCUT2D eigenvalue weighted by molar-refractivity contribution is 9.09. The van der Waals surface area contributed by atoms with Gasteiger partial charge >= 0.3 is 0 Å². The van der Waals surface area contributed by atoms with Gasteiger partial charge in [0, 0.05) is 10.9 Å². The lowest BCUT2D eigenvalue weighted by Gasteiger charge is -2.11. The van der Waals surface area contributed by atoms with Crippen molar-refractivity contribution in [2.45, 2.75) is 19.8 Å². The summed E-state index contributed by atoms with van der Waals surface area (Å²) in [6.45, 7) is 2.10. The van der Waals surface area contributed by atoms with E-state index in [1.165, 1.54) is 14.0 Å². The Labute approximate surface area is 115 Å². The minimum absolute atomic E-state index is 0.0261. The molecule has 0 saturated carbocycles. The number of rotatable bonds is 8. The second kappa shape index (κ2) is 8.11. The Morgan fingerprint density at radius 3 is 2.67 bits per heavy atom. The molecule has 1 rings (SSSR count). The summed E-state index contributed by atoms with van der Waals surface area (Å²) >= 11 is 3.36. The number of unbranched alkanes of at least 4 members (excludes halogenated alkanes) is 1. The quantitative estimate of drug-likeness (QED) is 0.242. The summed E-state index contributed by atoms with van der Waals surface area (Å²) in [6.07, 6.45) is 2.00. The van der Waals surface area contributed by atoms with Crippen molar-refractivity contribution in [1.82, 2.24) is 0 Å². The SMILES string of the molecule is COOc1cc(C(C)=O)ccc1OCCCCBr. The van der Waals surface area contributed by atoms with Gasteiger partial charge in [-0.3, -0.25) is 4.79 Å². The van der Waals surface area contributed by atoms with Gasteiger partial charge in [-0.2, -0.15) is 4.89 Å². The van der Waals surface area contributed by atoms with Crippen molar-refractivity contribution in [1.29, 1.82) is 0 Å². The number of Topliss-reactive ketones (excluding diaryl/α,β-unsaturated/α-hetero) is 1. The van der Waals surface area contributed by atoms with Crippen molar-refractivity contribution in [3.63, 3.8) is 0 Å². The van der Waals surface area contributed by atoms with Crippen LogP contribution in [0.1, 0.15) is 30.1 Å². The number of hydrogen-bond donors (Lipinski definition) is 0. The van der Waals surface area contributed by atoms with Crippen LogP contribution >= 0.6 is 15.9 Å². The zero-order valence-corrected chi connectivity index (χ0v) is 12.2. The molecule has 1 aromatic rings. The van der Waals surface area contributed by atoms with Crippen molar-refractivity contribution < 1.29 is 19.3 Å². The highest BCUT2D eigenvalue weighted by atomic mass is 79.9. The molecule has 0 unspecified atom stereocenters. The van der Waals surface area contributed by atoms with E-state index in [-0.39, 0.29) is 5.78 Å². The number of carbonyl (C=O) groups is 1. The van der Waals surface area contributed by atoms with Crippen LogP contribution in [0.25, 0.3) is 0 Å². The molecule has 4 nitrogen and oxygen atoms in total. The lowest BCUT2D eigenvalue weighted by molar-refractivity contribution is -0.179. The Kier molecular flexibility index (Phi) is 6.75. The van der Waals surface area contributed by atoms with Gasteiger partial charge in [0.05, 0.1) is 13.7 Å². The molecule has 0 radical (unpaired) electrons. The number of ketones is 1. The van der Waals surface area contributed by atoms with Gasteiger partial charge in [0.1, 0.15) is 0 Å². The molecule has 18 heavy (non-hydrogen) atoms. The van der Waals surface area contributed by atoms with Crippen molar-refractivity contribution in [3.05, 3.63) is 23.8 Å². The number of benzene rings is 1. The largest absolute Gasteiger partial charge is 0.490 e. The molecule has 0 fully saturated rings. The highest BCUT2D eigenvalue weighted by Gasteiger charge is 2.10. The standard InChI is InChI=1S/C13H17BrO4/c1-10(15)11-5-6-12(13(9-11)18-16-2)17-8-4-3-7-14/h5-6,9H,3-4,7-8H2,1-2H3. The molecule has 0 heterocycles. The molecule has 0 aliphatic carbocycles. The molecule has 0 spiro atoms. The van der Waals surface area contributed by atoms with Crippen LogP contribution in [0, 0.1) is 0 Å². The molecule has 0 aliphatic rings. The molecule has 0 aromatic heterocycles. The van der Waals surface area contributed by atoms with E-state index in [2.05, 4.69) is 20.8 Å². The average molecular weight is 317 g/mol. The third-order valence-electron chi connectivity index (χ3n) is 2.31. The summed E-state index contributed by atoms with van der Waals surface area (Å²) < 4.78 is 5.59. The number of alkyl halides is 1. The maximum atomic E-state index is 11.3. The smallest absolute Gasteiger partial charge is 0.207 e. The van der Waals surface area contributed by atoms with Crippen LogP contribution in [0.2, 0.25) is 0 Å². The van der Waals surface area contributed by atoms with Crippen molar-refractivity contribution in [3.8, 4) is 11.5 Å². The summed E-state index contributed by atoms with van der Waals surface area (Å²) in [7, 11) is 1.41. The fraction of sp³-hybridized carbons (Fsp3) is 0.462. The van der Waals surface area contributed by atoms with Gasteiger partial charge in [0.25, 0.3) is 0 Å². The van der Waals surface area contributed by atoms with Crippen molar-refractivity contribution in [2.75, 3.05) is 19.0 Å². The third-order valence-corrected chi connectivity index (χ3v) is 2.87. The molecule has 0 saturated heterocycles. The molecule has 0 amide bonds. The van der Waals surface area contributed by atoms with Crippen LogP contribution < -0.4 is 9.62 Å². The maximum Gasteiger partial charge on any atom is 0.207 e. The first kappa shape index (κ1) is 15.0. The van der Waals surface area contributed by atoms with Crippen molar-refractivity contribution in [2.24, 2.45) is 0 Å². The molecule has 1 aromatic carbocycles. The molecule has 0 bridgehead atoms. The summed E-state index contributed by atoms with van der Waals surface area (Å²) in [6, 6.07) is 5.05. The maximum absolute atomic E-state index is 11.3. The first-order chi connectivity index (χ1) is 8.69. The molecule has 0 N–H and O–H groups in total. The molecule has 0 aliphatic heterocycles. The van der Waals surface area contributed by atoms with E-state index in [0.717, 1.165) is 18.2 Å². The summed E-state index contributed by atoms with van der Waals surface area (Å²) in [5.74, 6) is 0.974. The Balaban J connectivity index is 2.73. The first-order valence-corrected chi connectivity index (χ1v) is 6.85. The summed E-state index contributed by atoms with van der Waals surface area (Å²) in [5, 5.41) is 0.959. The Morgan fingerprint density at radius 2 is 2.06 bits per heavy atom. The second-order valence-corrected chi connectivity index (χ2v) is 4.51. The van der Waals surface area contributed by atoms with Crippen LogP contribution in [0.15, 0.2) is 18.2 Å². The Morgan fingerprint density at radius 1 is 1.28 bits per heavy atom. The lowest BCUT2D eigenvalue weighted by atomic mass is 10.1. The average Bonchev–Trinajstić information content (AvgIpc) is 2.36. The van der Waals surface area contributed by atoms with Gasteiger partial charge < -0.3 is 9.62 Å². The van der Waals surface area contributed by atoms with E-state index in [1.807, 2.05) is 0 Å². The topological polar surface area (TPSA) is 44.8 Å². The predicted molar refractivity (Wildman–Crippen MR) is 72.6 cm³/mol. The fourth-order valence-corrected chi connectivity index (χ4v) is 1.78. The minimum atomic E-state index is -0.0261. The predicted octanol–water partition coefficient (Wildman–Crippen LogP) is 3.38. The van der Waals surface area contributed by atoms with Gasteiger partial charge in [-0.25, -0.2) is 0 Å². The Hall–Kier alpha value is -1.07. The monoisotopic (exact) mass is 316 g/mol. The number of hydrogen-bond acceptors (Lipinski definition) is 4. The van der Waals surface area contributed by atoms with E-state index in [9.17, 15) is 4.79 Å². The van der Waals surface area contributed by atoms with Gasteiger partial charge in [-0.1, -0.05) is 15.9 Å². The van der Waals surface area contributed by atoms with E-state index < -0.39 is 0 Å². The zero-order chi connectivity index (χ0) is 13.4. The normalized spacial score (nSPS) is 10.2. The van der Waals surface area contributed by atoms with Crippen LogP contribution in [0.4, 0.5) is 0 Å². The van der Waals surface area contributed by atoms with Crippen molar-refractivity contribution >= 4 is 21.7 Å². The third kappa shape index (κ3) is 4.66. The molecular weight excluding hydrogens is 300 g/mol. The van der Waals surface area contributed by atoms with E-state index in [1.54, 1.807) is 18.2 Å². The highest BCUT2D eigenvalue weighted by Crippen LogP contribution is 2.29. The molecule has 0 atom stereocenters. The zero-order valence-electron chi connectivity index (χ0n) is 10.6. The summed E-state index contributed by atoms with van der Waals surface area (Å²) in [5.41, 5.74) is 0.565. The van der Waals surface area contributed by atoms with Gasteiger partial charge in [-0.15, -0.1) is 0 Å². The summed E-state index contributed by atoms with van der Waals surface area (Å²) in [4.78, 5) is 20.9. The van der Waals surface area contributed by atoms with E-state index in [0.29, 0.717) is 23.7 Å². The molecule has 100 valence electrons. The van der Waals surface area contributed by atoms with E-state index >= 15 is 0 Å². The van der Waals surface area contributed by atoms with Gasteiger partial charge in [-0.05, 0) is 38.0 Å². The van der Waals surface area contributed by atoms with Crippen LogP contribution in [0.3, 0.4) is 0 Å². The minimum Gasteiger partial charge on any atom is -0.490 e. The fourth-order valence-electron chi connectivity index (χ4n) is 1.38. The van der Waals surface area contributed by atoms with Crippen LogP contribution in [-0.2, 0) is 4.89 Å². The van der Waals surface area contributed by atoms with Gasteiger partial charge in [0.15, 0.2) is 11.5 Å². The Bertz CT molecular complexity index is 393.